The molecule has 1 N–H and O–H groups in total. The van der Waals surface area contributed by atoms with Crippen LogP contribution in [0.2, 0.25) is 5.02 Å². The number of esters is 1. The largest absolute Gasteiger partial charge is 0.484 e. The Kier molecular flexibility index (Phi) is 7.64. The highest BCUT2D eigenvalue weighted by Crippen LogP contribution is 2.13. The van der Waals surface area contributed by atoms with E-state index in [2.05, 4.69) is 10.5 Å². The molecule has 0 heterocycles. The summed E-state index contributed by atoms with van der Waals surface area (Å²) >= 11 is 5.79. The average Bonchev–Trinajstić information content (AvgIpc) is 2.66. The van der Waals surface area contributed by atoms with Crippen LogP contribution < -0.4 is 10.2 Å². The molecule has 136 valence electrons. The first kappa shape index (κ1) is 19.5. The van der Waals surface area contributed by atoms with E-state index in [1.165, 1.54) is 6.21 Å². The number of hydrogen-bond donors (Lipinski definition) is 1. The Morgan fingerprint density at radius 3 is 2.46 bits per heavy atom. The summed E-state index contributed by atoms with van der Waals surface area (Å²) < 4.78 is 10.4. The van der Waals surface area contributed by atoms with Crippen LogP contribution in [0, 0.1) is 0 Å². The van der Waals surface area contributed by atoms with Crippen LogP contribution in [0.3, 0.4) is 0 Å². The molecule has 0 aromatic heterocycles. The lowest BCUT2D eigenvalue weighted by Crippen LogP contribution is -2.24. The van der Waals surface area contributed by atoms with Crippen molar-refractivity contribution in [3.63, 3.8) is 0 Å². The summed E-state index contributed by atoms with van der Waals surface area (Å²) in [5, 5.41) is 4.47. The zero-order chi connectivity index (χ0) is 18.8. The van der Waals surface area contributed by atoms with Gasteiger partial charge in [-0.3, -0.25) is 4.79 Å². The molecule has 0 unspecified atom stereocenters. The molecule has 0 saturated carbocycles. The maximum absolute atomic E-state index is 11.7. The lowest BCUT2D eigenvalue weighted by Gasteiger charge is -2.06. The average molecular weight is 375 g/mol. The summed E-state index contributed by atoms with van der Waals surface area (Å²) in [6.45, 7) is 2.11. The Balaban J connectivity index is 1.76. The topological polar surface area (TPSA) is 77.0 Å². The summed E-state index contributed by atoms with van der Waals surface area (Å²) in [6, 6.07) is 13.4. The van der Waals surface area contributed by atoms with Gasteiger partial charge in [0.2, 0.25) is 0 Å². The van der Waals surface area contributed by atoms with Gasteiger partial charge in [0.1, 0.15) is 5.75 Å². The Morgan fingerprint density at radius 1 is 1.12 bits per heavy atom. The molecule has 0 aliphatic heterocycles. The summed E-state index contributed by atoms with van der Waals surface area (Å²) in [6.07, 6.45) is 2.27. The molecule has 2 aromatic rings. The number of amides is 1. The first-order valence-electron chi connectivity index (χ1n) is 8.06. The molecule has 0 bridgehead atoms. The van der Waals surface area contributed by atoms with Crippen LogP contribution in [0.1, 0.15) is 29.3 Å². The summed E-state index contributed by atoms with van der Waals surface area (Å²) in [5.41, 5.74) is 3.61. The summed E-state index contributed by atoms with van der Waals surface area (Å²) in [5.74, 6) is -0.316. The standard InChI is InChI=1S/C19H19ClN2O4/c1-2-11-25-19(24)15-5-9-17(10-6-15)26-13-18(23)22-21-12-14-3-7-16(20)8-4-14/h3-10,12H,2,11,13H2,1H3,(H,22,23). The number of carbonyl (C=O) groups excluding carboxylic acids is 2. The second-order valence-corrected chi connectivity index (χ2v) is 5.73. The Hall–Kier alpha value is -2.86. The number of nitrogens with zero attached hydrogens (tertiary/aromatic N) is 1. The van der Waals surface area contributed by atoms with Crippen molar-refractivity contribution in [2.45, 2.75) is 13.3 Å². The van der Waals surface area contributed by atoms with E-state index in [0.717, 1.165) is 12.0 Å². The minimum atomic E-state index is -0.401. The van der Waals surface area contributed by atoms with Crippen LogP contribution in [0.25, 0.3) is 0 Å². The summed E-state index contributed by atoms with van der Waals surface area (Å²) in [7, 11) is 0. The van der Waals surface area contributed by atoms with Crippen LogP contribution in [-0.2, 0) is 9.53 Å². The van der Waals surface area contributed by atoms with Gasteiger partial charge in [0.05, 0.1) is 18.4 Å². The number of ether oxygens (including phenoxy) is 2. The van der Waals surface area contributed by atoms with E-state index in [0.29, 0.717) is 22.9 Å². The molecule has 0 atom stereocenters. The van der Waals surface area contributed by atoms with Crippen LogP contribution in [0.15, 0.2) is 53.6 Å². The fraction of sp³-hybridized carbons (Fsp3) is 0.211. The quantitative estimate of drug-likeness (QED) is 0.436. The lowest BCUT2D eigenvalue weighted by atomic mass is 10.2. The molecule has 6 nitrogen and oxygen atoms in total. The van der Waals surface area contributed by atoms with Crippen molar-refractivity contribution in [3.05, 3.63) is 64.7 Å². The van der Waals surface area contributed by atoms with Gasteiger partial charge in [-0.2, -0.15) is 5.10 Å². The molecule has 2 rings (SSSR count). The monoisotopic (exact) mass is 374 g/mol. The molecular formula is C19H19ClN2O4. The molecule has 26 heavy (non-hydrogen) atoms. The van der Waals surface area contributed by atoms with E-state index in [9.17, 15) is 9.59 Å². The van der Waals surface area contributed by atoms with Gasteiger partial charge in [-0.1, -0.05) is 30.7 Å². The Labute approximate surface area is 156 Å². The second-order valence-electron chi connectivity index (χ2n) is 5.29. The highest BCUT2D eigenvalue weighted by atomic mass is 35.5. The molecule has 7 heteroatoms. The van der Waals surface area contributed by atoms with Crippen molar-refractivity contribution in [1.29, 1.82) is 0 Å². The van der Waals surface area contributed by atoms with Gasteiger partial charge in [0.25, 0.3) is 5.91 Å². The van der Waals surface area contributed by atoms with E-state index in [4.69, 9.17) is 21.1 Å². The molecule has 0 saturated heterocycles. The van der Waals surface area contributed by atoms with E-state index >= 15 is 0 Å². The number of carbonyl (C=O) groups is 2. The number of hydrogen-bond acceptors (Lipinski definition) is 5. The van der Waals surface area contributed by atoms with Crippen LogP contribution in [0.5, 0.6) is 5.75 Å². The van der Waals surface area contributed by atoms with Crippen LogP contribution in [-0.4, -0.2) is 31.3 Å². The fourth-order valence-corrected chi connectivity index (χ4v) is 2.00. The van der Waals surface area contributed by atoms with Gasteiger partial charge in [-0.25, -0.2) is 10.2 Å². The maximum atomic E-state index is 11.7. The van der Waals surface area contributed by atoms with Gasteiger partial charge in [0, 0.05) is 5.02 Å². The predicted octanol–water partition coefficient (Wildman–Crippen LogP) is 3.44. The third kappa shape index (κ3) is 6.57. The third-order valence-electron chi connectivity index (χ3n) is 3.17. The molecule has 0 radical (unpaired) electrons. The predicted molar refractivity (Wildman–Crippen MR) is 99.7 cm³/mol. The molecule has 0 aliphatic rings. The minimum Gasteiger partial charge on any atom is -0.484 e. The van der Waals surface area contributed by atoms with Crippen LogP contribution in [0.4, 0.5) is 0 Å². The molecule has 0 aliphatic carbocycles. The van der Waals surface area contributed by atoms with Crippen molar-refractivity contribution in [1.82, 2.24) is 5.43 Å². The summed E-state index contributed by atoms with van der Waals surface area (Å²) in [4.78, 5) is 23.4. The van der Waals surface area contributed by atoms with Crippen molar-refractivity contribution < 1.29 is 19.1 Å². The van der Waals surface area contributed by atoms with E-state index in [-0.39, 0.29) is 12.6 Å². The van der Waals surface area contributed by atoms with E-state index in [1.807, 2.05) is 6.92 Å². The Morgan fingerprint density at radius 2 is 1.81 bits per heavy atom. The van der Waals surface area contributed by atoms with Gasteiger partial charge in [-0.05, 0) is 48.4 Å². The smallest absolute Gasteiger partial charge is 0.338 e. The van der Waals surface area contributed by atoms with E-state index in [1.54, 1.807) is 48.5 Å². The number of nitrogens with one attached hydrogen (secondary N) is 1. The highest BCUT2D eigenvalue weighted by Gasteiger charge is 2.07. The number of benzene rings is 2. The Bertz CT molecular complexity index is 758. The van der Waals surface area contributed by atoms with Gasteiger partial charge >= 0.3 is 5.97 Å². The van der Waals surface area contributed by atoms with Gasteiger partial charge in [0.15, 0.2) is 6.61 Å². The van der Waals surface area contributed by atoms with Gasteiger partial charge < -0.3 is 9.47 Å². The molecule has 2 aromatic carbocycles. The fourth-order valence-electron chi connectivity index (χ4n) is 1.87. The van der Waals surface area contributed by atoms with Crippen LogP contribution >= 0.6 is 11.6 Å². The maximum Gasteiger partial charge on any atom is 0.338 e. The third-order valence-corrected chi connectivity index (χ3v) is 3.42. The van der Waals surface area contributed by atoms with Gasteiger partial charge in [-0.15, -0.1) is 0 Å². The molecule has 0 fully saturated rings. The van der Waals surface area contributed by atoms with E-state index < -0.39 is 5.91 Å². The molecular weight excluding hydrogens is 356 g/mol. The van der Waals surface area contributed by atoms with Crippen molar-refractivity contribution in [2.24, 2.45) is 5.10 Å². The lowest BCUT2D eigenvalue weighted by molar-refractivity contribution is -0.123. The first-order valence-corrected chi connectivity index (χ1v) is 8.43. The molecule has 0 spiro atoms. The number of hydrazone groups is 1. The van der Waals surface area contributed by atoms with Crippen molar-refractivity contribution in [3.8, 4) is 5.75 Å². The zero-order valence-corrected chi connectivity index (χ0v) is 15.0. The first-order chi connectivity index (χ1) is 12.6. The zero-order valence-electron chi connectivity index (χ0n) is 14.3. The number of halogens is 1. The normalized spacial score (nSPS) is 10.5. The number of rotatable bonds is 8. The molecule has 1 amide bonds. The van der Waals surface area contributed by atoms with Crippen molar-refractivity contribution in [2.75, 3.05) is 13.2 Å². The highest BCUT2D eigenvalue weighted by molar-refractivity contribution is 6.30. The second kappa shape index (κ2) is 10.2. The van der Waals surface area contributed by atoms with Crippen molar-refractivity contribution >= 4 is 29.7 Å². The minimum absolute atomic E-state index is 0.197. The SMILES string of the molecule is CCCOC(=O)c1ccc(OCC(=O)NN=Cc2ccc(Cl)cc2)cc1.